The van der Waals surface area contributed by atoms with Crippen LogP contribution in [0, 0.1) is 0 Å². The molecular formula is C10H14N2O3S. The second-order valence-electron chi connectivity index (χ2n) is 3.81. The third-order valence-electron chi connectivity index (χ3n) is 2.71. The van der Waals surface area contributed by atoms with Gasteiger partial charge >= 0.3 is 0 Å². The van der Waals surface area contributed by atoms with Gasteiger partial charge in [-0.1, -0.05) is 6.07 Å². The topological polar surface area (TPSA) is 83.6 Å². The number of benzene rings is 1. The Balaban J connectivity index is 2.47. The molecule has 0 bridgehead atoms. The van der Waals surface area contributed by atoms with Crippen LogP contribution in [0.2, 0.25) is 0 Å². The number of para-hydroxylation sites is 1. The summed E-state index contributed by atoms with van der Waals surface area (Å²) in [5.74, 6) is -0.352. The molecule has 88 valence electrons. The first kappa shape index (κ1) is 11.2. The number of nitrogens with zero attached hydrogens (tertiary/aromatic N) is 1. The van der Waals surface area contributed by atoms with Gasteiger partial charge in [-0.2, -0.15) is 4.31 Å². The molecule has 1 saturated heterocycles. The van der Waals surface area contributed by atoms with Crippen LogP contribution < -0.4 is 5.73 Å². The number of nitrogens with two attached hydrogens (primary N) is 1. The predicted octanol–water partition coefficient (Wildman–Crippen LogP) is 0.759. The van der Waals surface area contributed by atoms with Crippen LogP contribution in [0.3, 0.4) is 0 Å². The number of rotatable bonds is 2. The van der Waals surface area contributed by atoms with Crippen molar-refractivity contribution in [2.75, 3.05) is 18.8 Å². The largest absolute Gasteiger partial charge is 0.504 e. The van der Waals surface area contributed by atoms with E-state index < -0.39 is 10.0 Å². The highest BCUT2D eigenvalue weighted by Crippen LogP contribution is 2.31. The van der Waals surface area contributed by atoms with Gasteiger partial charge in [0.15, 0.2) is 5.75 Å². The molecule has 16 heavy (non-hydrogen) atoms. The quantitative estimate of drug-likeness (QED) is 0.592. The van der Waals surface area contributed by atoms with Crippen LogP contribution in [0.4, 0.5) is 5.69 Å². The van der Waals surface area contributed by atoms with Crippen molar-refractivity contribution in [2.24, 2.45) is 0 Å². The summed E-state index contributed by atoms with van der Waals surface area (Å²) in [5.41, 5.74) is 5.57. The molecule has 6 heteroatoms. The summed E-state index contributed by atoms with van der Waals surface area (Å²) >= 11 is 0. The maximum absolute atomic E-state index is 12.1. The van der Waals surface area contributed by atoms with E-state index in [-0.39, 0.29) is 16.3 Å². The number of hydrogen-bond donors (Lipinski definition) is 2. The highest BCUT2D eigenvalue weighted by atomic mass is 32.2. The Morgan fingerprint density at radius 2 is 1.88 bits per heavy atom. The SMILES string of the molecule is Nc1cccc(S(=O)(=O)N2CCCC2)c1O. The molecule has 1 heterocycles. The molecule has 2 rings (SSSR count). The monoisotopic (exact) mass is 242 g/mol. The van der Waals surface area contributed by atoms with Crippen molar-refractivity contribution in [3.8, 4) is 5.75 Å². The van der Waals surface area contributed by atoms with Gasteiger partial charge in [0, 0.05) is 13.1 Å². The molecule has 0 amide bonds. The zero-order valence-electron chi connectivity index (χ0n) is 8.76. The Labute approximate surface area is 94.5 Å². The predicted molar refractivity (Wildman–Crippen MR) is 60.5 cm³/mol. The first-order chi connectivity index (χ1) is 7.53. The Morgan fingerprint density at radius 3 is 2.50 bits per heavy atom. The van der Waals surface area contributed by atoms with Crippen molar-refractivity contribution in [1.29, 1.82) is 0 Å². The van der Waals surface area contributed by atoms with Crippen molar-refractivity contribution < 1.29 is 13.5 Å². The van der Waals surface area contributed by atoms with E-state index in [1.165, 1.54) is 22.5 Å². The molecule has 1 fully saturated rings. The molecule has 1 aliphatic rings. The summed E-state index contributed by atoms with van der Waals surface area (Å²) < 4.78 is 25.6. The van der Waals surface area contributed by atoms with E-state index in [1.54, 1.807) is 0 Å². The summed E-state index contributed by atoms with van der Waals surface area (Å²) in [4.78, 5) is -0.102. The number of aromatic hydroxyl groups is 1. The minimum absolute atomic E-state index is 0.0836. The Morgan fingerprint density at radius 1 is 1.25 bits per heavy atom. The lowest BCUT2D eigenvalue weighted by molar-refractivity contribution is 0.445. The Hall–Kier alpha value is -1.27. The second-order valence-corrected chi connectivity index (χ2v) is 5.71. The average Bonchev–Trinajstić information content (AvgIpc) is 2.75. The summed E-state index contributed by atoms with van der Waals surface area (Å²) in [6.07, 6.45) is 1.73. The number of hydrogen-bond acceptors (Lipinski definition) is 4. The molecule has 0 unspecified atom stereocenters. The van der Waals surface area contributed by atoms with Gasteiger partial charge in [0.25, 0.3) is 0 Å². The summed E-state index contributed by atoms with van der Waals surface area (Å²) in [6, 6.07) is 4.37. The average molecular weight is 242 g/mol. The van der Waals surface area contributed by atoms with E-state index in [9.17, 15) is 13.5 Å². The van der Waals surface area contributed by atoms with Gasteiger partial charge in [0.1, 0.15) is 4.90 Å². The number of nitrogen functional groups attached to an aromatic ring is 1. The number of phenols is 1. The molecule has 1 aliphatic heterocycles. The normalized spacial score (nSPS) is 17.8. The zero-order chi connectivity index (χ0) is 11.8. The fraction of sp³-hybridized carbons (Fsp3) is 0.400. The van der Waals surface area contributed by atoms with Gasteiger partial charge < -0.3 is 10.8 Å². The van der Waals surface area contributed by atoms with Crippen LogP contribution in [0.5, 0.6) is 5.75 Å². The summed E-state index contributed by atoms with van der Waals surface area (Å²) in [6.45, 7) is 1.02. The third-order valence-corrected chi connectivity index (χ3v) is 4.64. The van der Waals surface area contributed by atoms with Gasteiger partial charge in [-0.15, -0.1) is 0 Å². The van der Waals surface area contributed by atoms with Crippen molar-refractivity contribution in [3.05, 3.63) is 18.2 Å². The van der Waals surface area contributed by atoms with Crippen LogP contribution >= 0.6 is 0 Å². The fourth-order valence-electron chi connectivity index (χ4n) is 1.82. The first-order valence-corrected chi connectivity index (χ1v) is 6.55. The lowest BCUT2D eigenvalue weighted by Crippen LogP contribution is -2.28. The highest BCUT2D eigenvalue weighted by molar-refractivity contribution is 7.89. The van der Waals surface area contributed by atoms with E-state index in [1.807, 2.05) is 0 Å². The lowest BCUT2D eigenvalue weighted by Gasteiger charge is -2.16. The zero-order valence-corrected chi connectivity index (χ0v) is 9.57. The first-order valence-electron chi connectivity index (χ1n) is 5.11. The van der Waals surface area contributed by atoms with Crippen molar-refractivity contribution in [1.82, 2.24) is 4.31 Å². The van der Waals surface area contributed by atoms with Crippen LogP contribution in [0.25, 0.3) is 0 Å². The Bertz CT molecular complexity index is 493. The molecule has 0 saturated carbocycles. The standard InChI is InChI=1S/C10H14N2O3S/c11-8-4-3-5-9(10(8)13)16(14,15)12-6-1-2-7-12/h3-5,13H,1-2,6-7,11H2. The molecular weight excluding hydrogens is 228 g/mol. The molecule has 0 radical (unpaired) electrons. The highest BCUT2D eigenvalue weighted by Gasteiger charge is 2.29. The molecule has 3 N–H and O–H groups in total. The van der Waals surface area contributed by atoms with Gasteiger partial charge in [-0.25, -0.2) is 8.42 Å². The number of anilines is 1. The molecule has 0 atom stereocenters. The fourth-order valence-corrected chi connectivity index (χ4v) is 3.44. The maximum atomic E-state index is 12.1. The smallest absolute Gasteiger partial charge is 0.246 e. The van der Waals surface area contributed by atoms with Crippen LogP contribution in [0.1, 0.15) is 12.8 Å². The Kier molecular flexibility index (Phi) is 2.77. The second kappa shape index (κ2) is 3.95. The maximum Gasteiger partial charge on any atom is 0.246 e. The van der Waals surface area contributed by atoms with Crippen LogP contribution in [-0.4, -0.2) is 30.9 Å². The molecule has 5 nitrogen and oxygen atoms in total. The lowest BCUT2D eigenvalue weighted by atomic mass is 10.3. The van der Waals surface area contributed by atoms with Crippen molar-refractivity contribution in [2.45, 2.75) is 17.7 Å². The van der Waals surface area contributed by atoms with Gasteiger partial charge in [-0.3, -0.25) is 0 Å². The van der Waals surface area contributed by atoms with Gasteiger partial charge in [0.2, 0.25) is 10.0 Å². The van der Waals surface area contributed by atoms with Gasteiger partial charge in [0.05, 0.1) is 5.69 Å². The van der Waals surface area contributed by atoms with Crippen LogP contribution in [0.15, 0.2) is 23.1 Å². The van der Waals surface area contributed by atoms with Crippen molar-refractivity contribution in [3.63, 3.8) is 0 Å². The molecule has 0 aliphatic carbocycles. The van der Waals surface area contributed by atoms with Crippen LogP contribution in [-0.2, 0) is 10.0 Å². The van der Waals surface area contributed by atoms with E-state index in [0.29, 0.717) is 13.1 Å². The van der Waals surface area contributed by atoms with E-state index in [4.69, 9.17) is 5.73 Å². The minimum Gasteiger partial charge on any atom is -0.504 e. The van der Waals surface area contributed by atoms with E-state index >= 15 is 0 Å². The molecule has 0 spiro atoms. The summed E-state index contributed by atoms with van der Waals surface area (Å²) in [5, 5.41) is 9.66. The number of sulfonamides is 1. The van der Waals surface area contributed by atoms with Crippen molar-refractivity contribution >= 4 is 15.7 Å². The summed E-state index contributed by atoms with van der Waals surface area (Å²) in [7, 11) is -3.59. The number of phenolic OH excluding ortho intramolecular Hbond substituents is 1. The van der Waals surface area contributed by atoms with E-state index in [0.717, 1.165) is 12.8 Å². The van der Waals surface area contributed by atoms with Gasteiger partial charge in [-0.05, 0) is 25.0 Å². The molecule has 0 aromatic heterocycles. The van der Waals surface area contributed by atoms with E-state index in [2.05, 4.69) is 0 Å². The molecule has 1 aromatic carbocycles. The third kappa shape index (κ3) is 1.74. The minimum atomic E-state index is -3.59. The molecule has 1 aromatic rings.